The van der Waals surface area contributed by atoms with Gasteiger partial charge in [0.05, 0.1) is 31.0 Å². The third-order valence-electron chi connectivity index (χ3n) is 3.40. The van der Waals surface area contributed by atoms with Gasteiger partial charge in [-0.3, -0.25) is 0 Å². The normalized spacial score (nSPS) is 10.3. The second-order valence-corrected chi connectivity index (χ2v) is 5.40. The topological polar surface area (TPSA) is 61.8 Å². The lowest BCUT2D eigenvalue weighted by atomic mass is 10.2. The number of ether oxygens (including phenoxy) is 1. The van der Waals surface area contributed by atoms with E-state index in [4.69, 9.17) is 16.3 Å². The van der Waals surface area contributed by atoms with E-state index in [0.717, 1.165) is 5.56 Å². The monoisotopic (exact) mass is 352 g/mol. The molecule has 0 radical (unpaired) electrons. The fourth-order valence-electron chi connectivity index (χ4n) is 2.21. The molecule has 0 aliphatic heterocycles. The third-order valence-corrected chi connectivity index (χ3v) is 3.70. The fourth-order valence-corrected chi connectivity index (χ4v) is 2.38. The number of methoxy groups -OCH3 is 1. The maximum atomic E-state index is 13.9. The van der Waals surface area contributed by atoms with Crippen LogP contribution < -0.4 is 10.1 Å². The number of hydrogen-bond donors (Lipinski definition) is 2. The van der Waals surface area contributed by atoms with E-state index in [9.17, 15) is 14.3 Å². The van der Waals surface area contributed by atoms with E-state index in [0.29, 0.717) is 5.75 Å². The quantitative estimate of drug-likeness (QED) is 0.836. The van der Waals surface area contributed by atoms with Crippen molar-refractivity contribution in [3.63, 3.8) is 0 Å². The third kappa shape index (κ3) is 4.37. The maximum Gasteiger partial charge on any atom is 0.322 e. The van der Waals surface area contributed by atoms with Crippen molar-refractivity contribution in [1.82, 2.24) is 4.90 Å². The number of hydrogen-bond acceptors (Lipinski definition) is 3. The first kappa shape index (κ1) is 18.0. The van der Waals surface area contributed by atoms with Gasteiger partial charge in [0.25, 0.3) is 0 Å². The molecule has 2 aromatic rings. The summed E-state index contributed by atoms with van der Waals surface area (Å²) in [4.78, 5) is 13.8. The van der Waals surface area contributed by atoms with Gasteiger partial charge >= 0.3 is 6.03 Å². The van der Waals surface area contributed by atoms with Crippen LogP contribution in [0.15, 0.2) is 42.5 Å². The predicted molar refractivity (Wildman–Crippen MR) is 90.9 cm³/mol. The zero-order valence-electron chi connectivity index (χ0n) is 13.1. The van der Waals surface area contributed by atoms with Gasteiger partial charge in [-0.25, -0.2) is 9.18 Å². The average molecular weight is 353 g/mol. The lowest BCUT2D eigenvalue weighted by Gasteiger charge is -2.23. The molecule has 0 aromatic heterocycles. The van der Waals surface area contributed by atoms with Crippen molar-refractivity contribution in [2.24, 2.45) is 0 Å². The molecule has 2 amide bonds. The summed E-state index contributed by atoms with van der Waals surface area (Å²) in [5.74, 6) is -0.0732. The van der Waals surface area contributed by atoms with Crippen LogP contribution in [-0.4, -0.2) is 36.3 Å². The number of aliphatic hydroxyl groups is 1. The Labute approximate surface area is 144 Å². The van der Waals surface area contributed by atoms with E-state index in [1.165, 1.54) is 30.2 Å². The second kappa shape index (κ2) is 8.52. The molecule has 128 valence electrons. The van der Waals surface area contributed by atoms with Crippen LogP contribution in [0, 0.1) is 5.82 Å². The van der Waals surface area contributed by atoms with Crippen molar-refractivity contribution in [2.75, 3.05) is 25.6 Å². The summed E-state index contributed by atoms with van der Waals surface area (Å²) in [5.41, 5.74) is 0.755. The number of urea groups is 1. The number of nitrogens with one attached hydrogen (secondary N) is 1. The number of nitrogens with zero attached hydrogens (tertiary/aromatic N) is 1. The molecule has 0 saturated carbocycles. The number of anilines is 1. The van der Waals surface area contributed by atoms with E-state index in [-0.39, 0.29) is 30.4 Å². The number of carbonyl (C=O) groups is 1. The smallest absolute Gasteiger partial charge is 0.322 e. The summed E-state index contributed by atoms with van der Waals surface area (Å²) < 4.78 is 19.2. The Morgan fingerprint density at radius 2 is 2.04 bits per heavy atom. The molecule has 0 aliphatic rings. The fraction of sp³-hybridized carbons (Fsp3) is 0.235. The van der Waals surface area contributed by atoms with Gasteiger partial charge in [0.1, 0.15) is 5.75 Å². The number of aliphatic hydroxyl groups excluding tert-OH is 1. The first-order valence-corrected chi connectivity index (χ1v) is 7.67. The average Bonchev–Trinajstić information content (AvgIpc) is 2.59. The molecule has 0 spiro atoms. The number of carbonyl (C=O) groups excluding carboxylic acids is 1. The highest BCUT2D eigenvalue weighted by atomic mass is 35.5. The highest BCUT2D eigenvalue weighted by Gasteiger charge is 2.17. The van der Waals surface area contributed by atoms with Crippen LogP contribution in [0.2, 0.25) is 5.02 Å². The highest BCUT2D eigenvalue weighted by molar-refractivity contribution is 6.31. The van der Waals surface area contributed by atoms with Gasteiger partial charge in [-0.2, -0.15) is 0 Å². The molecule has 0 bridgehead atoms. The Morgan fingerprint density at radius 3 is 2.75 bits per heavy atom. The van der Waals surface area contributed by atoms with E-state index in [2.05, 4.69) is 5.32 Å². The van der Waals surface area contributed by atoms with Crippen LogP contribution in [0.25, 0.3) is 0 Å². The van der Waals surface area contributed by atoms with Crippen molar-refractivity contribution in [1.29, 1.82) is 0 Å². The van der Waals surface area contributed by atoms with Gasteiger partial charge in [0.15, 0.2) is 5.82 Å². The molecule has 5 nitrogen and oxygen atoms in total. The lowest BCUT2D eigenvalue weighted by Crippen LogP contribution is -2.36. The minimum atomic E-state index is -0.700. The summed E-state index contributed by atoms with van der Waals surface area (Å²) in [5, 5.41) is 11.6. The van der Waals surface area contributed by atoms with Gasteiger partial charge in [-0.15, -0.1) is 0 Å². The van der Waals surface area contributed by atoms with Crippen molar-refractivity contribution in [3.8, 4) is 5.75 Å². The molecule has 0 saturated heterocycles. The van der Waals surface area contributed by atoms with Crippen LogP contribution in [-0.2, 0) is 6.54 Å². The van der Waals surface area contributed by atoms with Crippen molar-refractivity contribution < 1.29 is 19.0 Å². The van der Waals surface area contributed by atoms with Gasteiger partial charge in [0.2, 0.25) is 0 Å². The summed E-state index contributed by atoms with van der Waals surface area (Å²) in [7, 11) is 1.54. The molecule has 0 aliphatic carbocycles. The standard InChI is InChI=1S/C17H18ClFN2O3/c1-24-15-8-3-2-5-12(15)11-21(9-10-22)17(23)20-14-7-4-6-13(18)16(14)19/h2-8,22H,9-11H2,1H3,(H,20,23). The minimum absolute atomic E-state index is 0.0181. The SMILES string of the molecule is COc1ccccc1CN(CCO)C(=O)Nc1cccc(Cl)c1F. The molecule has 0 unspecified atom stereocenters. The van der Waals surface area contributed by atoms with Gasteiger partial charge in [-0.05, 0) is 18.2 Å². The first-order valence-electron chi connectivity index (χ1n) is 7.29. The van der Waals surface area contributed by atoms with Crippen LogP contribution >= 0.6 is 11.6 Å². The maximum absolute atomic E-state index is 13.9. The summed E-state index contributed by atoms with van der Waals surface area (Å²) in [6.07, 6.45) is 0. The van der Waals surface area contributed by atoms with E-state index < -0.39 is 11.8 Å². The molecule has 7 heteroatoms. The number of benzene rings is 2. The van der Waals surface area contributed by atoms with Crippen molar-refractivity contribution in [3.05, 3.63) is 58.9 Å². The summed E-state index contributed by atoms with van der Waals surface area (Å²) >= 11 is 5.71. The van der Waals surface area contributed by atoms with Gasteiger partial charge in [0, 0.05) is 12.1 Å². The number of rotatable bonds is 6. The molecule has 2 rings (SSSR count). The van der Waals surface area contributed by atoms with Crippen LogP contribution in [0.4, 0.5) is 14.9 Å². The highest BCUT2D eigenvalue weighted by Crippen LogP contribution is 2.23. The van der Waals surface area contributed by atoms with Crippen LogP contribution in [0.5, 0.6) is 5.75 Å². The zero-order chi connectivity index (χ0) is 17.5. The second-order valence-electron chi connectivity index (χ2n) is 4.99. The number of para-hydroxylation sites is 1. The first-order chi connectivity index (χ1) is 11.6. The Hall–Kier alpha value is -2.31. The van der Waals surface area contributed by atoms with E-state index in [1.807, 2.05) is 18.2 Å². The summed E-state index contributed by atoms with van der Waals surface area (Å²) in [6, 6.07) is 11.0. The molecule has 24 heavy (non-hydrogen) atoms. The zero-order valence-corrected chi connectivity index (χ0v) is 13.9. The van der Waals surface area contributed by atoms with Crippen molar-refractivity contribution >= 4 is 23.3 Å². The Morgan fingerprint density at radius 1 is 1.29 bits per heavy atom. The van der Waals surface area contributed by atoms with Crippen LogP contribution in [0.3, 0.4) is 0 Å². The van der Waals surface area contributed by atoms with E-state index in [1.54, 1.807) is 6.07 Å². The molecule has 0 fully saturated rings. The Bertz CT molecular complexity index is 712. The lowest BCUT2D eigenvalue weighted by molar-refractivity contribution is 0.184. The molecule has 2 aromatic carbocycles. The predicted octanol–water partition coefficient (Wildman–Crippen LogP) is 3.51. The minimum Gasteiger partial charge on any atom is -0.496 e. The molecular weight excluding hydrogens is 335 g/mol. The van der Waals surface area contributed by atoms with E-state index >= 15 is 0 Å². The van der Waals surface area contributed by atoms with Crippen LogP contribution in [0.1, 0.15) is 5.56 Å². The van der Waals surface area contributed by atoms with Gasteiger partial charge < -0.3 is 20.1 Å². The number of halogens is 2. The molecule has 0 atom stereocenters. The Kier molecular flexibility index (Phi) is 6.40. The van der Waals surface area contributed by atoms with Crippen molar-refractivity contribution in [2.45, 2.75) is 6.54 Å². The Balaban J connectivity index is 2.17. The number of amides is 2. The molecular formula is C17H18ClFN2O3. The van der Waals surface area contributed by atoms with Gasteiger partial charge in [-0.1, -0.05) is 35.9 Å². The summed E-state index contributed by atoms with van der Waals surface area (Å²) in [6.45, 7) is 0.0747. The largest absolute Gasteiger partial charge is 0.496 e. The molecule has 2 N–H and O–H groups in total. The molecule has 0 heterocycles.